The number of aromatic hydroxyl groups is 1. The largest absolute Gasteiger partial charge is 0.508 e. The monoisotopic (exact) mass is 609 g/mol. The highest BCUT2D eigenvalue weighted by atomic mass is 79.9. The molecular formula is C33H24BrNO6. The van der Waals surface area contributed by atoms with Crippen LogP contribution >= 0.6 is 15.9 Å². The van der Waals surface area contributed by atoms with Crippen molar-refractivity contribution in [1.29, 1.82) is 0 Å². The van der Waals surface area contributed by atoms with Crippen LogP contribution in [0.4, 0.5) is 5.69 Å². The van der Waals surface area contributed by atoms with Gasteiger partial charge in [-0.15, -0.1) is 0 Å². The number of hydrogen-bond donors (Lipinski definition) is 1. The normalized spacial score (nSPS) is 26.8. The summed E-state index contributed by atoms with van der Waals surface area (Å²) in [6.45, 7) is 3.76. The van der Waals surface area contributed by atoms with Crippen LogP contribution in [0.1, 0.15) is 24.0 Å². The van der Waals surface area contributed by atoms with Crippen LogP contribution < -0.4 is 9.64 Å². The number of nitrogens with zero attached hydrogens (tertiary/aromatic N) is 1. The molecule has 8 heteroatoms. The molecule has 7 rings (SSSR count). The second-order valence-corrected chi connectivity index (χ2v) is 11.8. The van der Waals surface area contributed by atoms with Crippen molar-refractivity contribution in [1.82, 2.24) is 0 Å². The maximum Gasteiger partial charge on any atom is 0.238 e. The van der Waals surface area contributed by atoms with Crippen molar-refractivity contribution in [3.8, 4) is 11.5 Å². The molecule has 4 atom stereocenters. The number of hydrogen-bond acceptors (Lipinski definition) is 6. The Morgan fingerprint density at radius 2 is 1.80 bits per heavy atom. The molecule has 2 amide bonds. The SMILES string of the molecule is C=Cc1ccc(N2C(=O)[C@H]3[C@H](CC=C4[C@H](C5=COc6ccc(O)cc6C5)C5=C(C[C@H]43)C(=O)C(Br)=CC5=O)C2=O)cc1. The molecule has 7 nitrogen and oxygen atoms in total. The van der Waals surface area contributed by atoms with E-state index in [4.69, 9.17) is 4.74 Å². The predicted molar refractivity (Wildman–Crippen MR) is 155 cm³/mol. The molecule has 1 saturated heterocycles. The van der Waals surface area contributed by atoms with E-state index in [2.05, 4.69) is 22.5 Å². The molecule has 0 unspecified atom stereocenters. The molecule has 1 fully saturated rings. The minimum Gasteiger partial charge on any atom is -0.508 e. The Hall–Kier alpha value is -4.30. The van der Waals surface area contributed by atoms with Crippen LogP contribution in [0.2, 0.25) is 0 Å². The molecule has 0 saturated carbocycles. The number of halogens is 1. The van der Waals surface area contributed by atoms with Gasteiger partial charge < -0.3 is 9.84 Å². The first-order chi connectivity index (χ1) is 19.8. The number of rotatable bonds is 3. The van der Waals surface area contributed by atoms with E-state index in [-0.39, 0.29) is 40.0 Å². The quantitative estimate of drug-likeness (QED) is 0.286. The van der Waals surface area contributed by atoms with E-state index in [1.54, 1.807) is 42.7 Å². The van der Waals surface area contributed by atoms with Gasteiger partial charge in [-0.05, 0) is 76.2 Å². The number of fused-ring (bicyclic) bond motifs is 4. The average Bonchev–Trinajstić information content (AvgIpc) is 3.24. The number of amides is 2. The molecule has 0 radical (unpaired) electrons. The maximum absolute atomic E-state index is 14.0. The van der Waals surface area contributed by atoms with Gasteiger partial charge in [-0.1, -0.05) is 36.4 Å². The van der Waals surface area contributed by atoms with Crippen LogP contribution in [-0.2, 0) is 25.6 Å². The molecule has 2 aromatic rings. The summed E-state index contributed by atoms with van der Waals surface area (Å²) in [5.74, 6) is -2.63. The smallest absolute Gasteiger partial charge is 0.238 e. The molecule has 0 aromatic heterocycles. The molecule has 41 heavy (non-hydrogen) atoms. The zero-order valence-electron chi connectivity index (χ0n) is 21.8. The van der Waals surface area contributed by atoms with E-state index in [9.17, 15) is 24.3 Å². The molecule has 2 aliphatic heterocycles. The first kappa shape index (κ1) is 25.7. The van der Waals surface area contributed by atoms with Crippen molar-refractivity contribution in [3.05, 3.63) is 105 Å². The van der Waals surface area contributed by atoms with E-state index in [1.165, 1.54) is 11.0 Å². The second kappa shape index (κ2) is 9.38. The summed E-state index contributed by atoms with van der Waals surface area (Å²) in [6.07, 6.45) is 7.55. The highest BCUT2D eigenvalue weighted by molar-refractivity contribution is 9.12. The van der Waals surface area contributed by atoms with E-state index in [0.29, 0.717) is 35.4 Å². The van der Waals surface area contributed by atoms with Gasteiger partial charge in [0.25, 0.3) is 0 Å². The second-order valence-electron chi connectivity index (χ2n) is 11.0. The standard InChI is InChI=1S/C33H24BrNO6/c1-2-16-3-5-19(6-4-16)35-32(39)22-9-8-21-23(29(22)33(35)40)13-24-30(26(37)14-25(34)31(24)38)28(21)18-11-17-12-20(36)7-10-27(17)41-15-18/h2-8,10,12,14-15,22-23,28-29,36H,1,9,11,13H2/t22-,23+,28-,29-/m0/s1. The molecule has 5 aliphatic rings. The van der Waals surface area contributed by atoms with Gasteiger partial charge in [-0.25, -0.2) is 0 Å². The summed E-state index contributed by atoms with van der Waals surface area (Å²) < 4.78 is 6.11. The Morgan fingerprint density at radius 1 is 1.02 bits per heavy atom. The Labute approximate surface area is 244 Å². The van der Waals surface area contributed by atoms with Gasteiger partial charge >= 0.3 is 0 Å². The third-order valence-electron chi connectivity index (χ3n) is 8.86. The molecule has 0 spiro atoms. The number of ether oxygens (including phenoxy) is 1. The number of carbonyl (C=O) groups excluding carboxylic acids is 4. The van der Waals surface area contributed by atoms with Crippen molar-refractivity contribution >= 4 is 51.1 Å². The summed E-state index contributed by atoms with van der Waals surface area (Å²) >= 11 is 3.26. The summed E-state index contributed by atoms with van der Waals surface area (Å²) in [5.41, 5.74) is 4.52. The van der Waals surface area contributed by atoms with Crippen molar-refractivity contribution in [3.63, 3.8) is 0 Å². The average molecular weight is 610 g/mol. The van der Waals surface area contributed by atoms with E-state index >= 15 is 0 Å². The zero-order valence-corrected chi connectivity index (χ0v) is 23.4. The lowest BCUT2D eigenvalue weighted by atomic mass is 9.59. The first-order valence-electron chi connectivity index (χ1n) is 13.4. The molecule has 1 N–H and O–H groups in total. The Balaban J connectivity index is 1.32. The number of anilines is 1. The fourth-order valence-corrected chi connectivity index (χ4v) is 7.48. The fraction of sp³-hybridized carbons (Fsp3) is 0.212. The Bertz CT molecular complexity index is 1730. The van der Waals surface area contributed by atoms with Crippen LogP contribution in [0, 0.1) is 23.7 Å². The highest BCUT2D eigenvalue weighted by Gasteiger charge is 2.57. The maximum atomic E-state index is 14.0. The van der Waals surface area contributed by atoms with Gasteiger partial charge in [0.15, 0.2) is 11.6 Å². The van der Waals surface area contributed by atoms with Crippen molar-refractivity contribution in [2.24, 2.45) is 23.7 Å². The highest BCUT2D eigenvalue weighted by Crippen LogP contribution is 2.55. The summed E-state index contributed by atoms with van der Waals surface area (Å²) in [7, 11) is 0. The first-order valence-corrected chi connectivity index (χ1v) is 14.2. The van der Waals surface area contributed by atoms with Crippen molar-refractivity contribution in [2.75, 3.05) is 4.90 Å². The van der Waals surface area contributed by atoms with Gasteiger partial charge in [-0.3, -0.25) is 24.1 Å². The summed E-state index contributed by atoms with van der Waals surface area (Å²) in [5, 5.41) is 10.1. The topological polar surface area (TPSA) is 101 Å². The molecule has 2 aromatic carbocycles. The van der Waals surface area contributed by atoms with E-state index in [0.717, 1.165) is 22.3 Å². The minimum atomic E-state index is -0.660. The molecule has 0 bridgehead atoms. The van der Waals surface area contributed by atoms with Gasteiger partial charge in [-0.2, -0.15) is 0 Å². The molecular weight excluding hydrogens is 586 g/mol. The van der Waals surface area contributed by atoms with E-state index in [1.807, 2.05) is 18.2 Å². The number of imide groups is 1. The van der Waals surface area contributed by atoms with Crippen LogP contribution in [0.3, 0.4) is 0 Å². The molecule has 204 valence electrons. The van der Waals surface area contributed by atoms with Crippen LogP contribution in [0.15, 0.2) is 94.2 Å². The van der Waals surface area contributed by atoms with Gasteiger partial charge in [0.1, 0.15) is 11.5 Å². The number of allylic oxidation sites excluding steroid dienone is 7. The lowest BCUT2D eigenvalue weighted by molar-refractivity contribution is -0.123. The zero-order chi connectivity index (χ0) is 28.6. The van der Waals surface area contributed by atoms with Crippen molar-refractivity contribution in [2.45, 2.75) is 19.3 Å². The predicted octanol–water partition coefficient (Wildman–Crippen LogP) is 5.35. The van der Waals surface area contributed by atoms with Gasteiger partial charge in [0, 0.05) is 35.1 Å². The Kier molecular flexibility index (Phi) is 5.87. The van der Waals surface area contributed by atoms with Gasteiger partial charge in [0.05, 0.1) is 28.3 Å². The summed E-state index contributed by atoms with van der Waals surface area (Å²) in [6, 6.07) is 12.0. The third-order valence-corrected chi connectivity index (χ3v) is 9.45. The Morgan fingerprint density at radius 3 is 2.56 bits per heavy atom. The van der Waals surface area contributed by atoms with Crippen LogP contribution in [0.25, 0.3) is 6.08 Å². The van der Waals surface area contributed by atoms with E-state index < -0.39 is 23.7 Å². The van der Waals surface area contributed by atoms with Gasteiger partial charge in [0.2, 0.25) is 11.8 Å². The molecule has 2 heterocycles. The van der Waals surface area contributed by atoms with Crippen LogP contribution in [-0.4, -0.2) is 28.5 Å². The minimum absolute atomic E-state index is 0.0989. The molecule has 3 aliphatic carbocycles. The van der Waals surface area contributed by atoms with Crippen LogP contribution in [0.5, 0.6) is 11.5 Å². The number of benzene rings is 2. The third kappa shape index (κ3) is 3.84. The number of carbonyl (C=O) groups is 4. The number of ketones is 2. The number of phenols is 1. The number of Topliss-reactive ketones (excluding diaryl/α,β-unsaturated/α-hetero) is 1. The lowest BCUT2D eigenvalue weighted by Crippen LogP contribution is -2.41. The fourth-order valence-electron chi connectivity index (χ4n) is 7.03. The lowest BCUT2D eigenvalue weighted by Gasteiger charge is -2.43. The summed E-state index contributed by atoms with van der Waals surface area (Å²) in [4.78, 5) is 55.8. The number of phenolic OH excluding ortho intramolecular Hbond substituents is 1. The van der Waals surface area contributed by atoms with Crippen molar-refractivity contribution < 1.29 is 29.0 Å².